The van der Waals surface area contributed by atoms with E-state index >= 15 is 0 Å². The Morgan fingerprint density at radius 2 is 1.79 bits per heavy atom. The number of rotatable bonds is 4. The van der Waals surface area contributed by atoms with Gasteiger partial charge in [0.2, 0.25) is 12.6 Å². The highest BCUT2D eigenvalue weighted by atomic mass is 16.7. The van der Waals surface area contributed by atoms with Gasteiger partial charge in [0, 0.05) is 11.8 Å². The Hall–Kier alpha value is -3.48. The zero-order valence-corrected chi connectivity index (χ0v) is 12.5. The van der Waals surface area contributed by atoms with Crippen LogP contribution < -0.4 is 15.4 Å². The molecule has 2 aromatic rings. The molecule has 2 aromatic carbocycles. The van der Waals surface area contributed by atoms with Gasteiger partial charge >= 0.3 is 6.03 Å². The number of amides is 3. The van der Waals surface area contributed by atoms with Gasteiger partial charge in [0.15, 0.2) is 0 Å². The standard InChI is InChI=1S/C17H14N2O5/c20-16(15-10-22-11-23-15)19-17(21)18-12-5-4-8-14(9-12)24-13-6-2-1-3-7-13/h1-10H,11H2,(H2,18,19,20,21). The molecule has 0 radical (unpaired) electrons. The van der Waals surface area contributed by atoms with Gasteiger partial charge < -0.3 is 19.5 Å². The second kappa shape index (κ2) is 7.19. The molecular weight excluding hydrogens is 312 g/mol. The summed E-state index contributed by atoms with van der Waals surface area (Å²) < 4.78 is 15.3. The molecule has 1 aliphatic heterocycles. The number of imide groups is 1. The third kappa shape index (κ3) is 4.04. The van der Waals surface area contributed by atoms with E-state index in [4.69, 9.17) is 14.2 Å². The SMILES string of the molecule is O=C(NC(=O)C1=COCO1)Nc1cccc(Oc2ccccc2)c1. The number of hydrogen-bond donors (Lipinski definition) is 2. The molecule has 0 aliphatic carbocycles. The minimum absolute atomic E-state index is 0.0384. The molecule has 3 rings (SSSR count). The van der Waals surface area contributed by atoms with Gasteiger partial charge in [-0.05, 0) is 24.3 Å². The third-order valence-corrected chi connectivity index (χ3v) is 2.99. The number of anilines is 1. The quantitative estimate of drug-likeness (QED) is 0.902. The first kappa shape index (κ1) is 15.4. The van der Waals surface area contributed by atoms with Crippen LogP contribution in [0.5, 0.6) is 11.5 Å². The second-order valence-electron chi connectivity index (χ2n) is 4.76. The molecule has 1 aliphatic rings. The molecular formula is C17H14N2O5. The summed E-state index contributed by atoms with van der Waals surface area (Å²) in [5, 5.41) is 4.68. The summed E-state index contributed by atoms with van der Waals surface area (Å²) in [6.45, 7) is -0.0384. The lowest BCUT2D eigenvalue weighted by molar-refractivity contribution is -0.119. The number of hydrogen-bond acceptors (Lipinski definition) is 5. The molecule has 0 aromatic heterocycles. The molecule has 7 heteroatoms. The Morgan fingerprint density at radius 1 is 1.00 bits per heavy atom. The maximum atomic E-state index is 11.8. The molecule has 2 N–H and O–H groups in total. The molecule has 122 valence electrons. The van der Waals surface area contributed by atoms with E-state index in [0.717, 1.165) is 6.26 Å². The van der Waals surface area contributed by atoms with E-state index in [9.17, 15) is 9.59 Å². The molecule has 0 atom stereocenters. The molecule has 24 heavy (non-hydrogen) atoms. The topological polar surface area (TPSA) is 85.9 Å². The van der Waals surface area contributed by atoms with Crippen LogP contribution >= 0.6 is 0 Å². The van der Waals surface area contributed by atoms with E-state index in [-0.39, 0.29) is 12.6 Å². The van der Waals surface area contributed by atoms with Gasteiger partial charge in [-0.15, -0.1) is 0 Å². The van der Waals surface area contributed by atoms with E-state index < -0.39 is 11.9 Å². The number of carbonyl (C=O) groups is 2. The monoisotopic (exact) mass is 326 g/mol. The van der Waals surface area contributed by atoms with Crippen molar-refractivity contribution in [2.75, 3.05) is 12.1 Å². The van der Waals surface area contributed by atoms with Crippen molar-refractivity contribution in [3.05, 3.63) is 66.6 Å². The summed E-state index contributed by atoms with van der Waals surface area (Å²) in [5.41, 5.74) is 0.478. The van der Waals surface area contributed by atoms with Crippen LogP contribution in [0.15, 0.2) is 66.6 Å². The summed E-state index contributed by atoms with van der Waals surface area (Å²) in [6.07, 6.45) is 1.15. The molecule has 7 nitrogen and oxygen atoms in total. The Labute approximate surface area is 137 Å². The van der Waals surface area contributed by atoms with Crippen molar-refractivity contribution in [3.8, 4) is 11.5 Å². The average molecular weight is 326 g/mol. The van der Waals surface area contributed by atoms with E-state index in [1.165, 1.54) is 0 Å². The molecule has 0 fully saturated rings. The number of carbonyl (C=O) groups excluding carboxylic acids is 2. The van der Waals surface area contributed by atoms with Gasteiger partial charge in [-0.1, -0.05) is 24.3 Å². The maximum Gasteiger partial charge on any atom is 0.326 e. The van der Waals surface area contributed by atoms with E-state index in [1.807, 2.05) is 30.3 Å². The Balaban J connectivity index is 1.59. The Morgan fingerprint density at radius 3 is 2.54 bits per heavy atom. The maximum absolute atomic E-state index is 11.8. The van der Waals surface area contributed by atoms with Crippen molar-refractivity contribution in [1.82, 2.24) is 5.32 Å². The first-order valence-electron chi connectivity index (χ1n) is 7.10. The normalized spacial score (nSPS) is 12.4. The van der Waals surface area contributed by atoms with Gasteiger partial charge in [-0.2, -0.15) is 0 Å². The van der Waals surface area contributed by atoms with Gasteiger partial charge in [-0.3, -0.25) is 10.1 Å². The Bertz CT molecular complexity index is 774. The van der Waals surface area contributed by atoms with Crippen molar-refractivity contribution in [1.29, 1.82) is 0 Å². The smallest absolute Gasteiger partial charge is 0.326 e. The van der Waals surface area contributed by atoms with Crippen molar-refractivity contribution in [2.45, 2.75) is 0 Å². The number of benzene rings is 2. The summed E-state index contributed by atoms with van der Waals surface area (Å²) in [4.78, 5) is 23.5. The summed E-state index contributed by atoms with van der Waals surface area (Å²) in [6, 6.07) is 15.4. The van der Waals surface area contributed by atoms with E-state index in [2.05, 4.69) is 10.6 Å². The summed E-state index contributed by atoms with van der Waals surface area (Å²) >= 11 is 0. The highest BCUT2D eigenvalue weighted by molar-refractivity contribution is 6.06. The van der Waals surface area contributed by atoms with E-state index in [0.29, 0.717) is 17.2 Å². The molecule has 0 unspecified atom stereocenters. The summed E-state index contributed by atoms with van der Waals surface area (Å²) in [7, 11) is 0. The van der Waals surface area contributed by atoms with E-state index in [1.54, 1.807) is 24.3 Å². The van der Waals surface area contributed by atoms with Crippen molar-refractivity contribution < 1.29 is 23.8 Å². The fourth-order valence-corrected chi connectivity index (χ4v) is 1.95. The van der Waals surface area contributed by atoms with Crippen molar-refractivity contribution in [3.63, 3.8) is 0 Å². The number of para-hydroxylation sites is 1. The highest BCUT2D eigenvalue weighted by Gasteiger charge is 2.18. The lowest BCUT2D eigenvalue weighted by atomic mass is 10.3. The molecule has 0 saturated carbocycles. The fourth-order valence-electron chi connectivity index (χ4n) is 1.95. The van der Waals surface area contributed by atoms with Crippen LogP contribution in [0.4, 0.5) is 10.5 Å². The number of urea groups is 1. The van der Waals surface area contributed by atoms with Crippen LogP contribution in [0.1, 0.15) is 0 Å². The van der Waals surface area contributed by atoms with Crippen LogP contribution in [0, 0.1) is 0 Å². The van der Waals surface area contributed by atoms with Gasteiger partial charge in [0.05, 0.1) is 0 Å². The highest BCUT2D eigenvalue weighted by Crippen LogP contribution is 2.23. The molecule has 0 spiro atoms. The molecule has 0 bridgehead atoms. The van der Waals surface area contributed by atoms with Crippen LogP contribution in [-0.4, -0.2) is 18.7 Å². The zero-order chi connectivity index (χ0) is 16.8. The number of ether oxygens (including phenoxy) is 3. The zero-order valence-electron chi connectivity index (χ0n) is 12.5. The third-order valence-electron chi connectivity index (χ3n) is 2.99. The van der Waals surface area contributed by atoms with Crippen LogP contribution in [0.3, 0.4) is 0 Å². The van der Waals surface area contributed by atoms with Gasteiger partial charge in [0.1, 0.15) is 17.8 Å². The predicted molar refractivity (Wildman–Crippen MR) is 85.2 cm³/mol. The largest absolute Gasteiger partial charge is 0.461 e. The van der Waals surface area contributed by atoms with Crippen molar-refractivity contribution >= 4 is 17.6 Å². The first-order chi connectivity index (χ1) is 11.7. The van der Waals surface area contributed by atoms with Gasteiger partial charge in [0.25, 0.3) is 5.91 Å². The van der Waals surface area contributed by atoms with Crippen LogP contribution in [-0.2, 0) is 14.3 Å². The molecule has 0 saturated heterocycles. The minimum atomic E-state index is -0.687. The fraction of sp³-hybridized carbons (Fsp3) is 0.0588. The average Bonchev–Trinajstić information content (AvgIpc) is 3.10. The number of nitrogens with one attached hydrogen (secondary N) is 2. The second-order valence-corrected chi connectivity index (χ2v) is 4.76. The lowest BCUT2D eigenvalue weighted by Crippen LogP contribution is -2.35. The minimum Gasteiger partial charge on any atom is -0.461 e. The first-order valence-corrected chi connectivity index (χ1v) is 7.10. The van der Waals surface area contributed by atoms with Gasteiger partial charge in [-0.25, -0.2) is 4.79 Å². The summed E-state index contributed by atoms with van der Waals surface area (Å²) in [5.74, 6) is 0.508. The predicted octanol–water partition coefficient (Wildman–Crippen LogP) is 2.97. The molecule has 1 heterocycles. The lowest BCUT2D eigenvalue weighted by Gasteiger charge is -2.09. The van der Waals surface area contributed by atoms with Crippen LogP contribution in [0.2, 0.25) is 0 Å². The van der Waals surface area contributed by atoms with Crippen LogP contribution in [0.25, 0.3) is 0 Å². The Kier molecular flexibility index (Phi) is 4.62. The van der Waals surface area contributed by atoms with Crippen molar-refractivity contribution in [2.24, 2.45) is 0 Å². The molecule has 3 amide bonds.